The first kappa shape index (κ1) is 18.1. The van der Waals surface area contributed by atoms with Crippen LogP contribution in [0, 0.1) is 12.7 Å². The SMILES string of the molecule is Cc1ccsc1CN(C(=O)Nc1cccc(F)c1)C(C)c1ccccc1. The van der Waals surface area contributed by atoms with Gasteiger partial charge < -0.3 is 10.2 Å². The van der Waals surface area contributed by atoms with Gasteiger partial charge in [-0.2, -0.15) is 0 Å². The van der Waals surface area contributed by atoms with E-state index in [1.54, 1.807) is 28.4 Å². The zero-order chi connectivity index (χ0) is 18.5. The minimum absolute atomic E-state index is 0.119. The van der Waals surface area contributed by atoms with Crippen LogP contribution in [0.4, 0.5) is 14.9 Å². The van der Waals surface area contributed by atoms with Crippen LogP contribution in [0.3, 0.4) is 0 Å². The normalized spacial score (nSPS) is 11.8. The Morgan fingerprint density at radius 3 is 2.58 bits per heavy atom. The molecule has 3 rings (SSSR count). The van der Waals surface area contributed by atoms with Gasteiger partial charge in [0, 0.05) is 10.6 Å². The fourth-order valence-corrected chi connectivity index (χ4v) is 3.68. The zero-order valence-corrected chi connectivity index (χ0v) is 15.6. The van der Waals surface area contributed by atoms with Crippen LogP contribution in [0.1, 0.15) is 29.0 Å². The molecule has 3 nitrogen and oxygen atoms in total. The van der Waals surface area contributed by atoms with Crippen molar-refractivity contribution in [3.8, 4) is 0 Å². The number of anilines is 1. The van der Waals surface area contributed by atoms with Crippen molar-refractivity contribution in [1.82, 2.24) is 4.90 Å². The number of carbonyl (C=O) groups excluding carboxylic acids is 1. The molecule has 0 saturated carbocycles. The van der Waals surface area contributed by atoms with Crippen LogP contribution in [0.2, 0.25) is 0 Å². The molecule has 134 valence electrons. The van der Waals surface area contributed by atoms with E-state index in [4.69, 9.17) is 0 Å². The molecule has 0 aliphatic heterocycles. The smallest absolute Gasteiger partial charge is 0.313 e. The Morgan fingerprint density at radius 2 is 1.92 bits per heavy atom. The molecule has 0 aliphatic carbocycles. The zero-order valence-electron chi connectivity index (χ0n) is 14.8. The van der Waals surface area contributed by atoms with Gasteiger partial charge in [0.05, 0.1) is 12.6 Å². The average molecular weight is 368 g/mol. The number of hydrogen-bond acceptors (Lipinski definition) is 2. The van der Waals surface area contributed by atoms with E-state index in [1.807, 2.05) is 49.6 Å². The summed E-state index contributed by atoms with van der Waals surface area (Å²) in [4.78, 5) is 15.9. The molecule has 1 atom stereocenters. The third-order valence-corrected chi connectivity index (χ3v) is 5.38. The number of nitrogens with zero attached hydrogens (tertiary/aromatic N) is 1. The van der Waals surface area contributed by atoms with Crippen LogP contribution in [0.5, 0.6) is 0 Å². The van der Waals surface area contributed by atoms with Gasteiger partial charge in [-0.15, -0.1) is 11.3 Å². The average Bonchev–Trinajstić information content (AvgIpc) is 3.04. The molecule has 0 fully saturated rings. The van der Waals surface area contributed by atoms with E-state index in [-0.39, 0.29) is 17.9 Å². The van der Waals surface area contributed by atoms with Crippen molar-refractivity contribution >= 4 is 23.1 Å². The summed E-state index contributed by atoms with van der Waals surface area (Å²) >= 11 is 1.63. The summed E-state index contributed by atoms with van der Waals surface area (Å²) in [5.41, 5.74) is 2.66. The summed E-state index contributed by atoms with van der Waals surface area (Å²) in [5.74, 6) is -0.375. The molecule has 2 amide bonds. The summed E-state index contributed by atoms with van der Waals surface area (Å²) in [6, 6.07) is 17.5. The molecule has 0 aliphatic rings. The lowest BCUT2D eigenvalue weighted by Crippen LogP contribution is -2.36. The lowest BCUT2D eigenvalue weighted by atomic mass is 10.1. The van der Waals surface area contributed by atoms with Crippen molar-refractivity contribution in [3.63, 3.8) is 0 Å². The van der Waals surface area contributed by atoms with E-state index in [0.29, 0.717) is 12.2 Å². The van der Waals surface area contributed by atoms with Crippen molar-refractivity contribution in [2.24, 2.45) is 0 Å². The molecule has 1 aromatic heterocycles. The van der Waals surface area contributed by atoms with Crippen molar-refractivity contribution in [1.29, 1.82) is 0 Å². The van der Waals surface area contributed by atoms with E-state index < -0.39 is 0 Å². The minimum Gasteiger partial charge on any atom is -0.313 e. The highest BCUT2D eigenvalue weighted by Gasteiger charge is 2.23. The molecule has 5 heteroatoms. The second-order valence-corrected chi connectivity index (χ2v) is 7.18. The van der Waals surface area contributed by atoms with Gasteiger partial charge in [0.1, 0.15) is 5.82 Å². The van der Waals surface area contributed by atoms with E-state index in [0.717, 1.165) is 10.4 Å². The molecule has 26 heavy (non-hydrogen) atoms. The summed E-state index contributed by atoms with van der Waals surface area (Å²) in [7, 11) is 0. The summed E-state index contributed by atoms with van der Waals surface area (Å²) in [6.45, 7) is 4.55. The second kappa shape index (κ2) is 8.15. The van der Waals surface area contributed by atoms with Crippen LogP contribution in [-0.2, 0) is 6.54 Å². The van der Waals surface area contributed by atoms with Gasteiger partial charge in [-0.3, -0.25) is 0 Å². The largest absolute Gasteiger partial charge is 0.322 e. The third-order valence-electron chi connectivity index (χ3n) is 4.37. The van der Waals surface area contributed by atoms with E-state index >= 15 is 0 Å². The fraction of sp³-hybridized carbons (Fsp3) is 0.190. The van der Waals surface area contributed by atoms with Crippen LogP contribution >= 0.6 is 11.3 Å². The van der Waals surface area contributed by atoms with Crippen LogP contribution in [0.25, 0.3) is 0 Å². The Labute approximate surface area is 157 Å². The quantitative estimate of drug-likeness (QED) is 0.589. The lowest BCUT2D eigenvalue weighted by molar-refractivity contribution is 0.190. The Kier molecular flexibility index (Phi) is 5.68. The first-order valence-electron chi connectivity index (χ1n) is 8.45. The van der Waals surface area contributed by atoms with E-state index in [2.05, 4.69) is 11.4 Å². The molecule has 1 N–H and O–H groups in total. The Morgan fingerprint density at radius 1 is 1.15 bits per heavy atom. The second-order valence-electron chi connectivity index (χ2n) is 6.18. The van der Waals surface area contributed by atoms with Crippen LogP contribution in [-0.4, -0.2) is 10.9 Å². The number of hydrogen-bond donors (Lipinski definition) is 1. The highest BCUT2D eigenvalue weighted by Crippen LogP contribution is 2.26. The first-order chi connectivity index (χ1) is 12.5. The number of amides is 2. The predicted molar refractivity (Wildman–Crippen MR) is 105 cm³/mol. The number of carbonyl (C=O) groups is 1. The van der Waals surface area contributed by atoms with Gasteiger partial charge in [0.15, 0.2) is 0 Å². The maximum atomic E-state index is 13.4. The molecular formula is C21H21FN2OS. The Hall–Kier alpha value is -2.66. The monoisotopic (exact) mass is 368 g/mol. The topological polar surface area (TPSA) is 32.3 Å². The molecule has 0 spiro atoms. The van der Waals surface area contributed by atoms with Gasteiger partial charge in [-0.05, 0) is 54.6 Å². The van der Waals surface area contributed by atoms with Crippen molar-refractivity contribution in [3.05, 3.63) is 87.9 Å². The number of urea groups is 1. The molecule has 2 aromatic carbocycles. The first-order valence-corrected chi connectivity index (χ1v) is 9.33. The number of halogens is 1. The van der Waals surface area contributed by atoms with Gasteiger partial charge in [-0.1, -0.05) is 36.4 Å². The van der Waals surface area contributed by atoms with E-state index in [9.17, 15) is 9.18 Å². The Bertz CT molecular complexity index is 878. The summed E-state index contributed by atoms with van der Waals surface area (Å²) < 4.78 is 13.4. The molecule has 0 radical (unpaired) electrons. The van der Waals surface area contributed by atoms with Crippen molar-refractivity contribution in [2.75, 3.05) is 5.32 Å². The molecule has 0 bridgehead atoms. The van der Waals surface area contributed by atoms with Gasteiger partial charge in [0.25, 0.3) is 0 Å². The van der Waals surface area contributed by atoms with Gasteiger partial charge in [-0.25, -0.2) is 9.18 Å². The molecule has 3 aromatic rings. The van der Waals surface area contributed by atoms with Crippen molar-refractivity contribution in [2.45, 2.75) is 26.4 Å². The summed E-state index contributed by atoms with van der Waals surface area (Å²) in [5, 5.41) is 4.85. The molecule has 0 saturated heterocycles. The van der Waals surface area contributed by atoms with Crippen molar-refractivity contribution < 1.29 is 9.18 Å². The standard InChI is InChI=1S/C21H21FN2OS/c1-15-11-12-26-20(15)14-24(16(2)17-7-4-3-5-8-17)21(25)23-19-10-6-9-18(22)13-19/h3-13,16H,14H2,1-2H3,(H,23,25). The molecule has 1 unspecified atom stereocenters. The summed E-state index contributed by atoms with van der Waals surface area (Å²) in [6.07, 6.45) is 0. The fourth-order valence-electron chi connectivity index (χ4n) is 2.78. The van der Waals surface area contributed by atoms with Crippen LogP contribution in [0.15, 0.2) is 66.0 Å². The highest BCUT2D eigenvalue weighted by molar-refractivity contribution is 7.10. The number of aryl methyl sites for hydroxylation is 1. The lowest BCUT2D eigenvalue weighted by Gasteiger charge is -2.30. The van der Waals surface area contributed by atoms with Gasteiger partial charge >= 0.3 is 6.03 Å². The number of rotatable bonds is 5. The third kappa shape index (κ3) is 4.29. The van der Waals surface area contributed by atoms with E-state index in [1.165, 1.54) is 17.7 Å². The maximum Gasteiger partial charge on any atom is 0.322 e. The predicted octanol–water partition coefficient (Wildman–Crippen LogP) is 5.99. The molecular weight excluding hydrogens is 347 g/mol. The Balaban J connectivity index is 1.86. The number of nitrogens with one attached hydrogen (secondary N) is 1. The maximum absolute atomic E-state index is 13.4. The molecule has 1 heterocycles. The number of benzene rings is 2. The minimum atomic E-state index is -0.375. The van der Waals surface area contributed by atoms with Gasteiger partial charge in [0.2, 0.25) is 0 Å². The highest BCUT2D eigenvalue weighted by atomic mass is 32.1. The number of thiophene rings is 1. The van der Waals surface area contributed by atoms with Crippen LogP contribution < -0.4 is 5.32 Å².